The van der Waals surface area contributed by atoms with Crippen molar-refractivity contribution in [1.82, 2.24) is 9.62 Å². The number of ether oxygens (including phenoxy) is 1. The fourth-order valence-corrected chi connectivity index (χ4v) is 4.12. The van der Waals surface area contributed by atoms with Gasteiger partial charge in [-0.15, -0.1) is 0 Å². The highest BCUT2D eigenvalue weighted by Gasteiger charge is 2.25. The highest BCUT2D eigenvalue weighted by molar-refractivity contribution is 7.89. The van der Waals surface area contributed by atoms with Crippen molar-refractivity contribution < 1.29 is 17.9 Å². The van der Waals surface area contributed by atoms with Crippen LogP contribution in [0.5, 0.6) is 5.75 Å². The molecule has 2 aromatic carbocycles. The van der Waals surface area contributed by atoms with Crippen LogP contribution in [0.1, 0.15) is 18.4 Å². The molecule has 1 amide bonds. The molecule has 1 saturated heterocycles. The highest BCUT2D eigenvalue weighted by atomic mass is 32.2. The zero-order valence-electron chi connectivity index (χ0n) is 15.3. The van der Waals surface area contributed by atoms with Crippen molar-refractivity contribution in [2.24, 2.45) is 5.92 Å². The van der Waals surface area contributed by atoms with Gasteiger partial charge in [-0.25, -0.2) is 17.9 Å². The Labute approximate surface area is 160 Å². The van der Waals surface area contributed by atoms with E-state index in [0.717, 1.165) is 18.4 Å². The lowest BCUT2D eigenvalue weighted by Crippen LogP contribution is -2.42. The summed E-state index contributed by atoms with van der Waals surface area (Å²) in [5, 5.41) is 0. The van der Waals surface area contributed by atoms with Gasteiger partial charge in [-0.2, -0.15) is 0 Å². The molecule has 1 heterocycles. The van der Waals surface area contributed by atoms with E-state index in [-0.39, 0.29) is 16.9 Å². The van der Waals surface area contributed by atoms with Crippen molar-refractivity contribution in [1.29, 1.82) is 0 Å². The molecule has 1 aliphatic rings. The lowest BCUT2D eigenvalue weighted by atomic mass is 9.97. The molecule has 0 unspecified atom stereocenters. The molecule has 1 N–H and O–H groups in total. The second-order valence-corrected chi connectivity index (χ2v) is 8.54. The second kappa shape index (κ2) is 8.54. The maximum atomic E-state index is 12.4. The average Bonchev–Trinajstić information content (AvgIpc) is 2.68. The van der Waals surface area contributed by atoms with Crippen molar-refractivity contribution in [3.63, 3.8) is 0 Å². The van der Waals surface area contributed by atoms with Crippen LogP contribution in [-0.4, -0.2) is 39.0 Å². The van der Waals surface area contributed by atoms with Crippen LogP contribution in [0, 0.1) is 12.8 Å². The van der Waals surface area contributed by atoms with Gasteiger partial charge in [0.05, 0.1) is 4.90 Å². The molecule has 0 aromatic heterocycles. The minimum absolute atomic E-state index is 0.200. The maximum absolute atomic E-state index is 12.4. The fraction of sp³-hybridized carbons (Fsp3) is 0.350. The normalized spacial score (nSPS) is 15.5. The second-order valence-electron chi connectivity index (χ2n) is 6.78. The molecule has 144 valence electrons. The minimum Gasteiger partial charge on any atom is -0.410 e. The number of nitrogens with one attached hydrogen (secondary N) is 1. The zero-order chi connectivity index (χ0) is 19.3. The first kappa shape index (κ1) is 19.4. The van der Waals surface area contributed by atoms with E-state index in [1.165, 1.54) is 0 Å². The smallest absolute Gasteiger partial charge is 0.410 e. The summed E-state index contributed by atoms with van der Waals surface area (Å²) in [7, 11) is -3.50. The third kappa shape index (κ3) is 5.30. The first-order valence-corrected chi connectivity index (χ1v) is 10.5. The van der Waals surface area contributed by atoms with E-state index in [2.05, 4.69) is 4.72 Å². The number of piperidine rings is 1. The van der Waals surface area contributed by atoms with Crippen molar-refractivity contribution in [2.75, 3.05) is 19.6 Å². The summed E-state index contributed by atoms with van der Waals surface area (Å²) in [6.07, 6.45) is 1.11. The van der Waals surface area contributed by atoms with Crippen molar-refractivity contribution >= 4 is 16.1 Å². The van der Waals surface area contributed by atoms with Gasteiger partial charge < -0.3 is 9.64 Å². The predicted molar refractivity (Wildman–Crippen MR) is 103 cm³/mol. The summed E-state index contributed by atoms with van der Waals surface area (Å²) >= 11 is 0. The van der Waals surface area contributed by atoms with E-state index in [9.17, 15) is 13.2 Å². The predicted octanol–water partition coefficient (Wildman–Crippen LogP) is 3.18. The Morgan fingerprint density at radius 3 is 2.33 bits per heavy atom. The highest BCUT2D eigenvalue weighted by Crippen LogP contribution is 2.19. The summed E-state index contributed by atoms with van der Waals surface area (Å²) in [5.41, 5.74) is 1.02. The van der Waals surface area contributed by atoms with Gasteiger partial charge in [-0.05, 0) is 49.9 Å². The number of carbonyl (C=O) groups excluding carboxylic acids is 1. The molecule has 0 aliphatic carbocycles. The van der Waals surface area contributed by atoms with Crippen LogP contribution in [0.15, 0.2) is 59.5 Å². The van der Waals surface area contributed by atoms with Crippen LogP contribution in [-0.2, 0) is 10.0 Å². The van der Waals surface area contributed by atoms with Gasteiger partial charge in [-0.3, -0.25) is 0 Å². The minimum atomic E-state index is -3.50. The molecule has 6 nitrogen and oxygen atoms in total. The van der Waals surface area contributed by atoms with Crippen molar-refractivity contribution in [3.8, 4) is 5.75 Å². The van der Waals surface area contributed by atoms with E-state index in [0.29, 0.717) is 25.4 Å². The van der Waals surface area contributed by atoms with Gasteiger partial charge in [0.2, 0.25) is 10.0 Å². The molecule has 0 radical (unpaired) electrons. The Morgan fingerprint density at radius 1 is 1.07 bits per heavy atom. The average molecular weight is 388 g/mol. The van der Waals surface area contributed by atoms with Crippen molar-refractivity contribution in [2.45, 2.75) is 24.7 Å². The van der Waals surface area contributed by atoms with Crippen LogP contribution in [0.2, 0.25) is 0 Å². The van der Waals surface area contributed by atoms with E-state index in [4.69, 9.17) is 4.74 Å². The number of aryl methyl sites for hydroxylation is 1. The zero-order valence-corrected chi connectivity index (χ0v) is 16.1. The van der Waals surface area contributed by atoms with Gasteiger partial charge in [-0.1, -0.05) is 35.9 Å². The van der Waals surface area contributed by atoms with Gasteiger partial charge in [0.15, 0.2) is 0 Å². The number of para-hydroxylation sites is 1. The van der Waals surface area contributed by atoms with Crippen LogP contribution in [0.4, 0.5) is 4.79 Å². The number of benzene rings is 2. The topological polar surface area (TPSA) is 75.7 Å². The Kier molecular flexibility index (Phi) is 6.13. The van der Waals surface area contributed by atoms with Crippen molar-refractivity contribution in [3.05, 3.63) is 60.2 Å². The SMILES string of the molecule is Cc1ccc(S(=O)(=O)NCC2CCN(C(=O)Oc3ccccc3)CC2)cc1. The number of hydrogen-bond acceptors (Lipinski definition) is 4. The molecule has 7 heteroatoms. The standard InChI is InChI=1S/C20H24N2O4S/c1-16-7-9-19(10-8-16)27(24,25)21-15-17-11-13-22(14-12-17)20(23)26-18-5-3-2-4-6-18/h2-10,17,21H,11-15H2,1H3. The molecule has 0 bridgehead atoms. The third-order valence-corrected chi connectivity index (χ3v) is 6.15. The van der Waals surface area contributed by atoms with Crippen LogP contribution in [0.25, 0.3) is 0 Å². The molecule has 2 aromatic rings. The molecule has 1 aliphatic heterocycles. The Balaban J connectivity index is 1.46. The maximum Gasteiger partial charge on any atom is 0.415 e. The Hall–Kier alpha value is -2.38. The summed E-state index contributed by atoms with van der Waals surface area (Å²) < 4.78 is 32.8. The van der Waals surface area contributed by atoms with Crippen LogP contribution >= 0.6 is 0 Å². The van der Waals surface area contributed by atoms with Gasteiger partial charge in [0.25, 0.3) is 0 Å². The number of amides is 1. The number of rotatable bonds is 5. The fourth-order valence-electron chi connectivity index (χ4n) is 3.00. The molecule has 0 atom stereocenters. The molecule has 0 saturated carbocycles. The largest absolute Gasteiger partial charge is 0.415 e. The lowest BCUT2D eigenvalue weighted by Gasteiger charge is -2.31. The Morgan fingerprint density at radius 2 is 1.70 bits per heavy atom. The first-order valence-electron chi connectivity index (χ1n) is 9.02. The molecule has 0 spiro atoms. The lowest BCUT2D eigenvalue weighted by molar-refractivity contribution is 0.131. The van der Waals surface area contributed by atoms with E-state index in [1.807, 2.05) is 25.1 Å². The molecule has 1 fully saturated rings. The van der Waals surface area contributed by atoms with E-state index >= 15 is 0 Å². The molecular weight excluding hydrogens is 364 g/mol. The molecular formula is C20H24N2O4S. The summed E-state index contributed by atoms with van der Waals surface area (Å²) in [4.78, 5) is 14.1. The molecule has 27 heavy (non-hydrogen) atoms. The summed E-state index contributed by atoms with van der Waals surface area (Å²) in [6, 6.07) is 15.8. The molecule has 3 rings (SSSR count). The number of nitrogens with zero attached hydrogens (tertiary/aromatic N) is 1. The number of hydrogen-bond donors (Lipinski definition) is 1. The number of carbonyl (C=O) groups is 1. The summed E-state index contributed by atoms with van der Waals surface area (Å²) in [6.45, 7) is 3.41. The van der Waals surface area contributed by atoms with Crippen LogP contribution < -0.4 is 9.46 Å². The van der Waals surface area contributed by atoms with Gasteiger partial charge in [0, 0.05) is 19.6 Å². The monoisotopic (exact) mass is 388 g/mol. The quantitative estimate of drug-likeness (QED) is 0.854. The van der Waals surface area contributed by atoms with E-state index in [1.54, 1.807) is 41.3 Å². The summed E-state index contributed by atoms with van der Waals surface area (Å²) in [5.74, 6) is 0.724. The van der Waals surface area contributed by atoms with Crippen LogP contribution in [0.3, 0.4) is 0 Å². The number of sulfonamides is 1. The van der Waals surface area contributed by atoms with Gasteiger partial charge >= 0.3 is 6.09 Å². The number of likely N-dealkylation sites (tertiary alicyclic amines) is 1. The van der Waals surface area contributed by atoms with E-state index < -0.39 is 10.0 Å². The Bertz CT molecular complexity index is 859. The third-order valence-electron chi connectivity index (χ3n) is 4.71. The van der Waals surface area contributed by atoms with Gasteiger partial charge in [0.1, 0.15) is 5.75 Å². The first-order chi connectivity index (χ1) is 12.9.